The molecule has 1 N–H and O–H groups in total. The zero-order valence-corrected chi connectivity index (χ0v) is 6.96. The monoisotopic (exact) mass is 180 g/mol. The van der Waals surface area contributed by atoms with E-state index in [-0.39, 0.29) is 5.56 Å². The van der Waals surface area contributed by atoms with Crippen LogP contribution in [0.15, 0.2) is 18.2 Å². The maximum absolute atomic E-state index is 13.2. The zero-order valence-electron chi connectivity index (χ0n) is 6.96. The van der Waals surface area contributed by atoms with Crippen LogP contribution in [0.25, 0.3) is 0 Å². The van der Waals surface area contributed by atoms with Crippen LogP contribution in [0.2, 0.25) is 0 Å². The predicted octanol–water partition coefficient (Wildman–Crippen LogP) is 2.34. The summed E-state index contributed by atoms with van der Waals surface area (Å²) in [5, 5.41) is 8.81. The standard InChI is InChI=1S/C10H9FO2/c11-9-5-4-6-7(9)2-1-3-8(6)10(12)13/h1-3,9H,4-5H2,(H,12,13). The molecule has 0 saturated carbocycles. The number of hydrogen-bond acceptors (Lipinski definition) is 1. The minimum atomic E-state index is -0.978. The molecule has 1 atom stereocenters. The molecule has 0 radical (unpaired) electrons. The fourth-order valence-electron chi connectivity index (χ4n) is 1.80. The van der Waals surface area contributed by atoms with Crippen molar-refractivity contribution < 1.29 is 14.3 Å². The van der Waals surface area contributed by atoms with Crippen molar-refractivity contribution >= 4 is 5.97 Å². The molecule has 1 unspecified atom stereocenters. The van der Waals surface area contributed by atoms with Gasteiger partial charge in [0.25, 0.3) is 0 Å². The van der Waals surface area contributed by atoms with Gasteiger partial charge in [0.1, 0.15) is 6.17 Å². The van der Waals surface area contributed by atoms with Crippen LogP contribution >= 0.6 is 0 Å². The Kier molecular flexibility index (Phi) is 1.79. The van der Waals surface area contributed by atoms with Gasteiger partial charge in [0.2, 0.25) is 0 Å². The Morgan fingerprint density at radius 3 is 3.00 bits per heavy atom. The first-order chi connectivity index (χ1) is 6.20. The van der Waals surface area contributed by atoms with E-state index in [0.29, 0.717) is 24.0 Å². The molecule has 2 nitrogen and oxygen atoms in total. The van der Waals surface area contributed by atoms with E-state index in [1.807, 2.05) is 0 Å². The zero-order chi connectivity index (χ0) is 9.42. The molecule has 1 aromatic carbocycles. The minimum absolute atomic E-state index is 0.248. The highest BCUT2D eigenvalue weighted by molar-refractivity contribution is 5.90. The number of aromatic carboxylic acids is 1. The van der Waals surface area contributed by atoms with E-state index >= 15 is 0 Å². The first-order valence-corrected chi connectivity index (χ1v) is 4.19. The number of carboxylic acids is 1. The fraction of sp³-hybridized carbons (Fsp3) is 0.300. The van der Waals surface area contributed by atoms with E-state index in [2.05, 4.69) is 0 Å². The van der Waals surface area contributed by atoms with Crippen molar-refractivity contribution in [3.63, 3.8) is 0 Å². The first kappa shape index (κ1) is 8.23. The quantitative estimate of drug-likeness (QED) is 0.720. The van der Waals surface area contributed by atoms with Crippen molar-refractivity contribution in [3.8, 4) is 0 Å². The summed E-state index contributed by atoms with van der Waals surface area (Å²) >= 11 is 0. The van der Waals surface area contributed by atoms with E-state index in [9.17, 15) is 9.18 Å². The van der Waals surface area contributed by atoms with Crippen molar-refractivity contribution in [2.75, 3.05) is 0 Å². The van der Waals surface area contributed by atoms with Gasteiger partial charge in [-0.25, -0.2) is 9.18 Å². The van der Waals surface area contributed by atoms with Crippen LogP contribution in [0.3, 0.4) is 0 Å². The summed E-state index contributed by atoms with van der Waals surface area (Å²) in [4.78, 5) is 10.7. The Morgan fingerprint density at radius 1 is 1.54 bits per heavy atom. The molecule has 0 amide bonds. The summed E-state index contributed by atoms with van der Waals surface area (Å²) in [6, 6.07) is 4.79. The fourth-order valence-corrected chi connectivity index (χ4v) is 1.80. The van der Waals surface area contributed by atoms with Gasteiger partial charge in [0.15, 0.2) is 0 Å². The number of fused-ring (bicyclic) bond motifs is 1. The van der Waals surface area contributed by atoms with Gasteiger partial charge in [-0.05, 0) is 30.0 Å². The van der Waals surface area contributed by atoms with Crippen LogP contribution in [0.5, 0.6) is 0 Å². The van der Waals surface area contributed by atoms with Gasteiger partial charge in [0.05, 0.1) is 5.56 Å². The molecule has 0 fully saturated rings. The van der Waals surface area contributed by atoms with Crippen molar-refractivity contribution in [2.45, 2.75) is 19.0 Å². The van der Waals surface area contributed by atoms with Gasteiger partial charge in [-0.1, -0.05) is 12.1 Å². The second-order valence-corrected chi connectivity index (χ2v) is 3.18. The summed E-state index contributed by atoms with van der Waals surface area (Å²) in [5.74, 6) is -0.967. The molecule has 1 aliphatic carbocycles. The van der Waals surface area contributed by atoms with Crippen LogP contribution in [0.4, 0.5) is 4.39 Å². The van der Waals surface area contributed by atoms with E-state index in [0.717, 1.165) is 0 Å². The average Bonchev–Trinajstić information content (AvgIpc) is 2.48. The molecule has 0 saturated heterocycles. The molecular formula is C10H9FO2. The molecule has 1 aliphatic rings. The van der Waals surface area contributed by atoms with Crippen molar-refractivity contribution in [1.29, 1.82) is 0 Å². The molecule has 13 heavy (non-hydrogen) atoms. The normalized spacial score (nSPS) is 19.9. The highest BCUT2D eigenvalue weighted by atomic mass is 19.1. The molecule has 0 aromatic heterocycles. The van der Waals surface area contributed by atoms with Gasteiger partial charge in [-0.15, -0.1) is 0 Å². The Hall–Kier alpha value is -1.38. The lowest BCUT2D eigenvalue weighted by Crippen LogP contribution is -2.01. The minimum Gasteiger partial charge on any atom is -0.478 e. The lowest BCUT2D eigenvalue weighted by molar-refractivity contribution is 0.0696. The molecule has 0 spiro atoms. The van der Waals surface area contributed by atoms with E-state index < -0.39 is 12.1 Å². The molecule has 0 aliphatic heterocycles. The first-order valence-electron chi connectivity index (χ1n) is 4.19. The number of hydrogen-bond donors (Lipinski definition) is 1. The molecular weight excluding hydrogens is 171 g/mol. The second kappa shape index (κ2) is 2.83. The number of benzene rings is 1. The van der Waals surface area contributed by atoms with Crippen molar-refractivity contribution in [3.05, 3.63) is 34.9 Å². The number of carbonyl (C=O) groups is 1. The maximum atomic E-state index is 13.2. The van der Waals surface area contributed by atoms with E-state index in [1.165, 1.54) is 6.07 Å². The Balaban J connectivity index is 2.57. The van der Waals surface area contributed by atoms with E-state index in [1.54, 1.807) is 12.1 Å². The molecule has 0 heterocycles. The SMILES string of the molecule is O=C(O)c1cccc2c1CCC2F. The van der Waals surface area contributed by atoms with Crippen LogP contribution < -0.4 is 0 Å². The third-order valence-corrected chi connectivity index (χ3v) is 2.43. The van der Waals surface area contributed by atoms with Gasteiger partial charge >= 0.3 is 5.97 Å². The Labute approximate surface area is 75.0 Å². The maximum Gasteiger partial charge on any atom is 0.335 e. The summed E-state index contributed by atoms with van der Waals surface area (Å²) in [5.41, 5.74) is 1.47. The summed E-state index contributed by atoms with van der Waals surface area (Å²) < 4.78 is 13.2. The summed E-state index contributed by atoms with van der Waals surface area (Å²) in [6.45, 7) is 0. The third-order valence-electron chi connectivity index (χ3n) is 2.43. The summed E-state index contributed by atoms with van der Waals surface area (Å²) in [6.07, 6.45) is -0.0206. The topological polar surface area (TPSA) is 37.3 Å². The van der Waals surface area contributed by atoms with Gasteiger partial charge in [-0.3, -0.25) is 0 Å². The highest BCUT2D eigenvalue weighted by Crippen LogP contribution is 2.35. The molecule has 0 bridgehead atoms. The second-order valence-electron chi connectivity index (χ2n) is 3.18. The van der Waals surface area contributed by atoms with Crippen LogP contribution in [-0.2, 0) is 6.42 Å². The van der Waals surface area contributed by atoms with Gasteiger partial charge in [-0.2, -0.15) is 0 Å². The number of rotatable bonds is 1. The third kappa shape index (κ3) is 1.20. The predicted molar refractivity (Wildman–Crippen MR) is 45.6 cm³/mol. The molecule has 68 valence electrons. The lowest BCUT2D eigenvalue weighted by Gasteiger charge is -2.03. The van der Waals surface area contributed by atoms with E-state index in [4.69, 9.17) is 5.11 Å². The molecule has 3 heteroatoms. The summed E-state index contributed by atoms with van der Waals surface area (Å²) in [7, 11) is 0. The van der Waals surface area contributed by atoms with Crippen molar-refractivity contribution in [2.24, 2.45) is 0 Å². The Morgan fingerprint density at radius 2 is 2.31 bits per heavy atom. The van der Waals surface area contributed by atoms with Crippen LogP contribution in [0, 0.1) is 0 Å². The van der Waals surface area contributed by atoms with Crippen LogP contribution in [-0.4, -0.2) is 11.1 Å². The van der Waals surface area contributed by atoms with Crippen molar-refractivity contribution in [1.82, 2.24) is 0 Å². The average molecular weight is 180 g/mol. The highest BCUT2D eigenvalue weighted by Gasteiger charge is 2.25. The van der Waals surface area contributed by atoms with Gasteiger partial charge in [0, 0.05) is 0 Å². The number of halogens is 1. The van der Waals surface area contributed by atoms with Crippen LogP contribution in [0.1, 0.15) is 34.1 Å². The van der Waals surface area contributed by atoms with Gasteiger partial charge < -0.3 is 5.11 Å². The molecule has 2 rings (SSSR count). The lowest BCUT2D eigenvalue weighted by atomic mass is 10.0. The Bertz CT molecular complexity index is 360. The largest absolute Gasteiger partial charge is 0.478 e. The number of alkyl halides is 1. The number of carboxylic acid groups (broad SMARTS) is 1. The smallest absolute Gasteiger partial charge is 0.335 e. The molecule has 1 aromatic rings.